The van der Waals surface area contributed by atoms with Crippen LogP contribution in [0.1, 0.15) is 18.5 Å². The van der Waals surface area contributed by atoms with Gasteiger partial charge in [0.1, 0.15) is 24.0 Å². The Hall–Kier alpha value is -1.94. The minimum Gasteiger partial charge on any atom is -0.492 e. The Labute approximate surface area is 117 Å². The Kier molecular flexibility index (Phi) is 5.07. The van der Waals surface area contributed by atoms with Crippen LogP contribution in [-0.4, -0.2) is 13.2 Å². The molecule has 0 fully saturated rings. The van der Waals surface area contributed by atoms with Crippen molar-refractivity contribution in [2.24, 2.45) is 0 Å². The van der Waals surface area contributed by atoms with Crippen LogP contribution in [-0.2, 0) is 0 Å². The predicted octanol–water partition coefficient (Wildman–Crippen LogP) is 3.69. The van der Waals surface area contributed by atoms with Gasteiger partial charge in [0, 0.05) is 18.2 Å². The van der Waals surface area contributed by atoms with Crippen LogP contribution < -0.4 is 10.1 Å². The summed E-state index contributed by atoms with van der Waals surface area (Å²) in [5.74, 6) is -0.0511. The summed E-state index contributed by atoms with van der Waals surface area (Å²) in [6.07, 6.45) is 0. The van der Waals surface area contributed by atoms with Crippen LogP contribution in [0.15, 0.2) is 48.5 Å². The lowest BCUT2D eigenvalue weighted by atomic mass is 10.1. The number of ether oxygens (including phenoxy) is 1. The van der Waals surface area contributed by atoms with Gasteiger partial charge in [-0.1, -0.05) is 18.2 Å². The van der Waals surface area contributed by atoms with Crippen molar-refractivity contribution < 1.29 is 13.5 Å². The van der Waals surface area contributed by atoms with E-state index in [-0.39, 0.29) is 6.04 Å². The van der Waals surface area contributed by atoms with Crippen molar-refractivity contribution in [2.75, 3.05) is 13.2 Å². The minimum atomic E-state index is -0.435. The third kappa shape index (κ3) is 4.03. The molecule has 1 unspecified atom stereocenters. The second-order valence-electron chi connectivity index (χ2n) is 4.50. The highest BCUT2D eigenvalue weighted by molar-refractivity contribution is 5.22. The van der Waals surface area contributed by atoms with Crippen LogP contribution in [0.2, 0.25) is 0 Å². The average molecular weight is 277 g/mol. The van der Waals surface area contributed by atoms with Crippen LogP contribution in [0, 0.1) is 11.6 Å². The molecule has 0 aliphatic heterocycles. The van der Waals surface area contributed by atoms with Crippen molar-refractivity contribution >= 4 is 0 Å². The van der Waals surface area contributed by atoms with E-state index in [0.717, 1.165) is 17.9 Å². The SMILES string of the molecule is CC(NCCOc1ccccc1)c1cc(F)ccc1F. The number of halogens is 2. The summed E-state index contributed by atoms with van der Waals surface area (Å²) < 4.78 is 32.2. The lowest BCUT2D eigenvalue weighted by Gasteiger charge is -2.15. The predicted molar refractivity (Wildman–Crippen MR) is 74.7 cm³/mol. The van der Waals surface area contributed by atoms with Gasteiger partial charge in [0.25, 0.3) is 0 Å². The first-order valence-corrected chi connectivity index (χ1v) is 6.53. The zero-order valence-corrected chi connectivity index (χ0v) is 11.3. The Morgan fingerprint density at radius 2 is 1.85 bits per heavy atom. The molecule has 2 aromatic carbocycles. The van der Waals surface area contributed by atoms with Gasteiger partial charge >= 0.3 is 0 Å². The van der Waals surface area contributed by atoms with Crippen LogP contribution in [0.4, 0.5) is 8.78 Å². The highest BCUT2D eigenvalue weighted by Gasteiger charge is 2.11. The van der Waals surface area contributed by atoms with Crippen molar-refractivity contribution in [3.8, 4) is 5.75 Å². The molecule has 0 radical (unpaired) electrons. The number of rotatable bonds is 6. The maximum Gasteiger partial charge on any atom is 0.128 e. The molecule has 0 heterocycles. The summed E-state index contributed by atoms with van der Waals surface area (Å²) in [4.78, 5) is 0. The molecular formula is C16H17F2NO. The lowest BCUT2D eigenvalue weighted by molar-refractivity contribution is 0.306. The highest BCUT2D eigenvalue weighted by atomic mass is 19.1. The number of hydrogen-bond donors (Lipinski definition) is 1. The molecule has 0 aromatic heterocycles. The Morgan fingerprint density at radius 3 is 2.60 bits per heavy atom. The molecule has 4 heteroatoms. The van der Waals surface area contributed by atoms with E-state index in [1.807, 2.05) is 30.3 Å². The number of nitrogens with one attached hydrogen (secondary N) is 1. The molecule has 0 saturated heterocycles. The first-order chi connectivity index (χ1) is 9.66. The average Bonchev–Trinajstić information content (AvgIpc) is 2.47. The maximum absolute atomic E-state index is 13.6. The fraction of sp³-hybridized carbons (Fsp3) is 0.250. The second-order valence-corrected chi connectivity index (χ2v) is 4.50. The van der Waals surface area contributed by atoms with E-state index < -0.39 is 11.6 Å². The molecule has 0 saturated carbocycles. The van der Waals surface area contributed by atoms with E-state index in [4.69, 9.17) is 4.74 Å². The minimum absolute atomic E-state index is 0.273. The molecule has 0 aliphatic rings. The van der Waals surface area contributed by atoms with Crippen LogP contribution >= 0.6 is 0 Å². The fourth-order valence-corrected chi connectivity index (χ4v) is 1.92. The van der Waals surface area contributed by atoms with Gasteiger partial charge < -0.3 is 10.1 Å². The normalized spacial score (nSPS) is 12.2. The van der Waals surface area contributed by atoms with Gasteiger partial charge in [0.05, 0.1) is 0 Å². The molecule has 2 rings (SSSR count). The number of para-hydroxylation sites is 1. The quantitative estimate of drug-likeness (QED) is 0.813. The third-order valence-electron chi connectivity index (χ3n) is 2.99. The molecule has 20 heavy (non-hydrogen) atoms. The molecule has 106 valence electrons. The van der Waals surface area contributed by atoms with Crippen molar-refractivity contribution in [3.05, 3.63) is 65.7 Å². The first kappa shape index (κ1) is 14.5. The second kappa shape index (κ2) is 7.01. The van der Waals surface area contributed by atoms with E-state index in [0.29, 0.717) is 18.7 Å². The van der Waals surface area contributed by atoms with Crippen LogP contribution in [0.5, 0.6) is 5.75 Å². The van der Waals surface area contributed by atoms with Crippen LogP contribution in [0.3, 0.4) is 0 Å². The van der Waals surface area contributed by atoms with Gasteiger partial charge in [-0.2, -0.15) is 0 Å². The Bertz CT molecular complexity index is 545. The highest BCUT2D eigenvalue weighted by Crippen LogP contribution is 2.17. The van der Waals surface area contributed by atoms with Crippen molar-refractivity contribution in [2.45, 2.75) is 13.0 Å². The topological polar surface area (TPSA) is 21.3 Å². The maximum atomic E-state index is 13.6. The summed E-state index contributed by atoms with van der Waals surface area (Å²) in [6, 6.07) is 12.6. The zero-order valence-electron chi connectivity index (χ0n) is 11.3. The lowest BCUT2D eigenvalue weighted by Crippen LogP contribution is -2.25. The summed E-state index contributed by atoms with van der Waals surface area (Å²) in [5, 5.41) is 3.11. The fourth-order valence-electron chi connectivity index (χ4n) is 1.92. The van der Waals surface area contributed by atoms with E-state index in [1.54, 1.807) is 6.92 Å². The molecular weight excluding hydrogens is 260 g/mol. The first-order valence-electron chi connectivity index (χ1n) is 6.53. The number of hydrogen-bond acceptors (Lipinski definition) is 2. The molecule has 0 amide bonds. The molecule has 1 N–H and O–H groups in total. The Morgan fingerprint density at radius 1 is 1.10 bits per heavy atom. The van der Waals surface area contributed by atoms with Crippen molar-refractivity contribution in [3.63, 3.8) is 0 Å². The molecule has 0 aliphatic carbocycles. The van der Waals surface area contributed by atoms with E-state index in [1.165, 1.54) is 6.07 Å². The summed E-state index contributed by atoms with van der Waals surface area (Å²) in [5.41, 5.74) is 0.324. The van der Waals surface area contributed by atoms with Gasteiger partial charge in [-0.25, -0.2) is 8.78 Å². The van der Waals surface area contributed by atoms with E-state index in [9.17, 15) is 8.78 Å². The van der Waals surface area contributed by atoms with Crippen LogP contribution in [0.25, 0.3) is 0 Å². The zero-order chi connectivity index (χ0) is 14.4. The molecule has 0 bridgehead atoms. The van der Waals surface area contributed by atoms with Gasteiger partial charge in [-0.3, -0.25) is 0 Å². The van der Waals surface area contributed by atoms with Crippen molar-refractivity contribution in [1.82, 2.24) is 5.32 Å². The molecule has 0 spiro atoms. The van der Waals surface area contributed by atoms with Gasteiger partial charge in [0.2, 0.25) is 0 Å². The molecule has 2 aromatic rings. The molecule has 2 nitrogen and oxygen atoms in total. The van der Waals surface area contributed by atoms with Gasteiger partial charge in [-0.15, -0.1) is 0 Å². The van der Waals surface area contributed by atoms with Gasteiger partial charge in [-0.05, 0) is 37.3 Å². The smallest absolute Gasteiger partial charge is 0.128 e. The van der Waals surface area contributed by atoms with E-state index in [2.05, 4.69) is 5.32 Å². The molecule has 1 atom stereocenters. The van der Waals surface area contributed by atoms with Crippen molar-refractivity contribution in [1.29, 1.82) is 0 Å². The van der Waals surface area contributed by atoms with E-state index >= 15 is 0 Å². The standard InChI is InChI=1S/C16H17F2NO/c1-12(15-11-13(17)7-8-16(15)18)19-9-10-20-14-5-3-2-4-6-14/h2-8,11-12,19H,9-10H2,1H3. The summed E-state index contributed by atoms with van der Waals surface area (Å²) >= 11 is 0. The third-order valence-corrected chi connectivity index (χ3v) is 2.99. The summed E-state index contributed by atoms with van der Waals surface area (Å²) in [7, 11) is 0. The van der Waals surface area contributed by atoms with Gasteiger partial charge in [0.15, 0.2) is 0 Å². The largest absolute Gasteiger partial charge is 0.492 e. The number of benzene rings is 2. The summed E-state index contributed by atoms with van der Waals surface area (Å²) in [6.45, 7) is 2.80. The monoisotopic (exact) mass is 277 g/mol. The Balaban J connectivity index is 1.80.